The predicted molar refractivity (Wildman–Crippen MR) is 87.6 cm³/mol. The van der Waals surface area contributed by atoms with Gasteiger partial charge in [-0.3, -0.25) is 9.88 Å². The molecule has 3 heterocycles. The molecule has 0 spiro atoms. The Balaban J connectivity index is 2.02. The van der Waals surface area contributed by atoms with Crippen LogP contribution in [0, 0.1) is 6.92 Å². The van der Waals surface area contributed by atoms with Crippen LogP contribution in [0.1, 0.15) is 36.6 Å². The van der Waals surface area contributed by atoms with Gasteiger partial charge >= 0.3 is 0 Å². The maximum Gasteiger partial charge on any atom is 0.0684 e. The SMILES string of the molecule is Cc1ncc(C2CCCCN2C)c2c1[nH]c1ccccc12. The Hall–Kier alpha value is -1.87. The van der Waals surface area contributed by atoms with E-state index >= 15 is 0 Å². The first kappa shape index (κ1) is 12.8. The number of H-pyrrole nitrogens is 1. The van der Waals surface area contributed by atoms with Crippen LogP contribution >= 0.6 is 0 Å². The number of nitrogens with one attached hydrogen (secondary N) is 1. The molecule has 1 aliphatic heterocycles. The molecule has 0 amide bonds. The van der Waals surface area contributed by atoms with Gasteiger partial charge in [0.25, 0.3) is 0 Å². The second-order valence-corrected chi connectivity index (χ2v) is 6.21. The molecule has 1 aromatic carbocycles. The Bertz CT molecular complexity index is 803. The van der Waals surface area contributed by atoms with E-state index in [4.69, 9.17) is 0 Å². The van der Waals surface area contributed by atoms with Gasteiger partial charge in [-0.1, -0.05) is 24.6 Å². The first-order valence-corrected chi connectivity index (χ1v) is 7.82. The molecule has 0 aliphatic carbocycles. The monoisotopic (exact) mass is 279 g/mol. The van der Waals surface area contributed by atoms with Gasteiger partial charge in [-0.05, 0) is 45.0 Å². The summed E-state index contributed by atoms with van der Waals surface area (Å²) in [6.45, 7) is 3.27. The topological polar surface area (TPSA) is 31.9 Å². The smallest absolute Gasteiger partial charge is 0.0684 e. The van der Waals surface area contributed by atoms with Gasteiger partial charge in [0.1, 0.15) is 0 Å². The second kappa shape index (κ2) is 4.85. The van der Waals surface area contributed by atoms with E-state index in [1.165, 1.54) is 53.2 Å². The van der Waals surface area contributed by atoms with Crippen LogP contribution in [0.2, 0.25) is 0 Å². The number of aromatic nitrogens is 2. The van der Waals surface area contributed by atoms with Crippen molar-refractivity contribution in [2.24, 2.45) is 0 Å². The molecule has 0 bridgehead atoms. The standard InChI is InChI=1S/C18H21N3/c1-12-18-17(13-7-3-4-8-15(13)20-18)14(11-19-12)16-9-5-6-10-21(16)2/h3-4,7-8,11,16,20H,5-6,9-10H2,1-2H3. The summed E-state index contributed by atoms with van der Waals surface area (Å²) in [6, 6.07) is 9.09. The van der Waals surface area contributed by atoms with Crippen molar-refractivity contribution in [2.75, 3.05) is 13.6 Å². The highest BCUT2D eigenvalue weighted by atomic mass is 15.1. The predicted octanol–water partition coefficient (Wildman–Crippen LogP) is 4.18. The number of nitrogens with zero attached hydrogens (tertiary/aromatic N) is 2. The van der Waals surface area contributed by atoms with Crippen molar-refractivity contribution in [3.8, 4) is 0 Å². The molecule has 21 heavy (non-hydrogen) atoms. The summed E-state index contributed by atoms with van der Waals surface area (Å²) in [4.78, 5) is 10.7. The number of likely N-dealkylation sites (tertiary alicyclic amines) is 1. The van der Waals surface area contributed by atoms with Crippen LogP contribution < -0.4 is 0 Å². The molecular formula is C18H21N3. The van der Waals surface area contributed by atoms with Gasteiger partial charge in [-0.2, -0.15) is 0 Å². The first-order chi connectivity index (χ1) is 10.3. The van der Waals surface area contributed by atoms with Crippen molar-refractivity contribution >= 4 is 21.8 Å². The number of hydrogen-bond acceptors (Lipinski definition) is 2. The molecule has 1 N–H and O–H groups in total. The van der Waals surface area contributed by atoms with Crippen LogP contribution in [0.4, 0.5) is 0 Å². The highest BCUT2D eigenvalue weighted by Crippen LogP contribution is 2.37. The zero-order valence-electron chi connectivity index (χ0n) is 12.7. The Morgan fingerprint density at radius 3 is 2.95 bits per heavy atom. The Kier molecular flexibility index (Phi) is 2.96. The number of para-hydroxylation sites is 1. The number of pyridine rings is 1. The maximum atomic E-state index is 4.65. The zero-order chi connectivity index (χ0) is 14.4. The van der Waals surface area contributed by atoms with Crippen molar-refractivity contribution in [1.82, 2.24) is 14.9 Å². The Morgan fingerprint density at radius 2 is 2.10 bits per heavy atom. The average Bonchev–Trinajstić information content (AvgIpc) is 2.89. The number of fused-ring (bicyclic) bond motifs is 3. The van der Waals surface area contributed by atoms with Gasteiger partial charge in [0.05, 0.1) is 11.2 Å². The van der Waals surface area contributed by atoms with Crippen LogP contribution in [0.15, 0.2) is 30.5 Å². The number of benzene rings is 1. The third-order valence-corrected chi connectivity index (χ3v) is 4.88. The van der Waals surface area contributed by atoms with E-state index in [0.717, 1.165) is 5.69 Å². The molecule has 108 valence electrons. The van der Waals surface area contributed by atoms with Crippen LogP contribution in [0.5, 0.6) is 0 Å². The van der Waals surface area contributed by atoms with Gasteiger partial charge in [0, 0.05) is 28.5 Å². The minimum absolute atomic E-state index is 0.494. The molecular weight excluding hydrogens is 258 g/mol. The molecule has 4 rings (SSSR count). The normalized spacial score (nSPS) is 20.4. The number of hydrogen-bond donors (Lipinski definition) is 1. The second-order valence-electron chi connectivity index (χ2n) is 6.21. The lowest BCUT2D eigenvalue weighted by atomic mass is 9.93. The summed E-state index contributed by atoms with van der Waals surface area (Å²) < 4.78 is 0. The van der Waals surface area contributed by atoms with Crippen molar-refractivity contribution in [1.29, 1.82) is 0 Å². The number of rotatable bonds is 1. The van der Waals surface area contributed by atoms with Gasteiger partial charge < -0.3 is 4.98 Å². The third kappa shape index (κ3) is 1.95. The lowest BCUT2D eigenvalue weighted by Gasteiger charge is -2.33. The molecule has 1 unspecified atom stereocenters. The number of piperidine rings is 1. The van der Waals surface area contributed by atoms with Crippen molar-refractivity contribution in [3.05, 3.63) is 41.7 Å². The van der Waals surface area contributed by atoms with E-state index in [2.05, 4.69) is 59.3 Å². The van der Waals surface area contributed by atoms with Gasteiger partial charge in [-0.25, -0.2) is 0 Å². The molecule has 1 aliphatic rings. The third-order valence-electron chi connectivity index (χ3n) is 4.88. The van der Waals surface area contributed by atoms with E-state index in [1.54, 1.807) is 0 Å². The lowest BCUT2D eigenvalue weighted by Crippen LogP contribution is -2.29. The molecule has 3 heteroatoms. The summed E-state index contributed by atoms with van der Waals surface area (Å²) in [7, 11) is 2.24. The van der Waals surface area contributed by atoms with Gasteiger partial charge in [-0.15, -0.1) is 0 Å². The van der Waals surface area contributed by atoms with E-state index < -0.39 is 0 Å². The van der Waals surface area contributed by atoms with Crippen LogP contribution in [-0.4, -0.2) is 28.5 Å². The van der Waals surface area contributed by atoms with Gasteiger partial charge in [0.15, 0.2) is 0 Å². The molecule has 1 atom stereocenters. The minimum atomic E-state index is 0.494. The highest BCUT2D eigenvalue weighted by Gasteiger charge is 2.24. The minimum Gasteiger partial charge on any atom is -0.353 e. The molecule has 0 radical (unpaired) electrons. The summed E-state index contributed by atoms with van der Waals surface area (Å²) in [5.74, 6) is 0. The fourth-order valence-corrected chi connectivity index (χ4v) is 3.73. The highest BCUT2D eigenvalue weighted by molar-refractivity contribution is 6.09. The summed E-state index contributed by atoms with van der Waals surface area (Å²) in [5.41, 5.74) is 4.88. The number of aryl methyl sites for hydroxylation is 1. The summed E-state index contributed by atoms with van der Waals surface area (Å²) in [6.07, 6.45) is 5.95. The Morgan fingerprint density at radius 1 is 1.24 bits per heavy atom. The molecule has 3 aromatic rings. The fraction of sp³-hybridized carbons (Fsp3) is 0.389. The van der Waals surface area contributed by atoms with Crippen LogP contribution in [-0.2, 0) is 0 Å². The van der Waals surface area contributed by atoms with Crippen LogP contribution in [0.3, 0.4) is 0 Å². The van der Waals surface area contributed by atoms with E-state index in [-0.39, 0.29) is 0 Å². The molecule has 2 aromatic heterocycles. The average molecular weight is 279 g/mol. The molecule has 0 saturated carbocycles. The van der Waals surface area contributed by atoms with E-state index in [0.29, 0.717) is 6.04 Å². The zero-order valence-corrected chi connectivity index (χ0v) is 12.7. The molecule has 3 nitrogen and oxygen atoms in total. The summed E-state index contributed by atoms with van der Waals surface area (Å²) in [5, 5.41) is 2.70. The largest absolute Gasteiger partial charge is 0.353 e. The van der Waals surface area contributed by atoms with Crippen LogP contribution in [0.25, 0.3) is 21.8 Å². The number of aromatic amines is 1. The molecule has 1 saturated heterocycles. The van der Waals surface area contributed by atoms with Gasteiger partial charge in [0.2, 0.25) is 0 Å². The first-order valence-electron chi connectivity index (χ1n) is 7.82. The van der Waals surface area contributed by atoms with Crippen molar-refractivity contribution in [2.45, 2.75) is 32.2 Å². The lowest BCUT2D eigenvalue weighted by molar-refractivity contribution is 0.188. The van der Waals surface area contributed by atoms with E-state index in [1.807, 2.05) is 0 Å². The maximum absolute atomic E-state index is 4.65. The fourth-order valence-electron chi connectivity index (χ4n) is 3.73. The van der Waals surface area contributed by atoms with E-state index in [9.17, 15) is 0 Å². The quantitative estimate of drug-likeness (QED) is 0.724. The molecule has 1 fully saturated rings. The Labute approximate surface area is 125 Å². The summed E-state index contributed by atoms with van der Waals surface area (Å²) >= 11 is 0. The van der Waals surface area contributed by atoms with Crippen molar-refractivity contribution < 1.29 is 0 Å². The van der Waals surface area contributed by atoms with Crippen molar-refractivity contribution in [3.63, 3.8) is 0 Å².